The van der Waals surface area contributed by atoms with Gasteiger partial charge in [-0.25, -0.2) is 0 Å². The highest BCUT2D eigenvalue weighted by molar-refractivity contribution is 5.76. The lowest BCUT2D eigenvalue weighted by Crippen LogP contribution is -2.27. The zero-order valence-corrected chi connectivity index (χ0v) is 12.3. The summed E-state index contributed by atoms with van der Waals surface area (Å²) in [5, 5.41) is 6.19. The maximum absolute atomic E-state index is 11.8. The number of amides is 1. The summed E-state index contributed by atoms with van der Waals surface area (Å²) < 4.78 is 0. The van der Waals surface area contributed by atoms with Gasteiger partial charge >= 0.3 is 0 Å². The Kier molecular flexibility index (Phi) is 5.91. The highest BCUT2D eigenvalue weighted by Gasteiger charge is 2.02. The molecule has 0 unspecified atom stereocenters. The van der Waals surface area contributed by atoms with Gasteiger partial charge < -0.3 is 10.6 Å². The molecule has 0 aliphatic carbocycles. The van der Waals surface area contributed by atoms with Gasteiger partial charge in [-0.15, -0.1) is 0 Å². The minimum absolute atomic E-state index is 0.0666. The Hall–Kier alpha value is -2.20. The van der Waals surface area contributed by atoms with Gasteiger partial charge in [0.1, 0.15) is 0 Å². The van der Waals surface area contributed by atoms with Crippen molar-refractivity contribution in [2.45, 2.75) is 26.4 Å². The molecule has 0 saturated heterocycles. The Morgan fingerprint density at radius 2 is 2.00 bits per heavy atom. The zero-order valence-electron chi connectivity index (χ0n) is 12.3. The average molecular weight is 283 g/mol. The first-order valence-corrected chi connectivity index (χ1v) is 7.16. The van der Waals surface area contributed by atoms with Gasteiger partial charge in [-0.2, -0.15) is 0 Å². The minimum atomic E-state index is 0.0666. The maximum Gasteiger partial charge on any atom is 0.221 e. The first kappa shape index (κ1) is 15.2. The second kappa shape index (κ2) is 8.17. The van der Waals surface area contributed by atoms with Crippen molar-refractivity contribution in [1.29, 1.82) is 0 Å². The number of hydrogen-bond donors (Lipinski definition) is 2. The van der Waals surface area contributed by atoms with E-state index < -0.39 is 0 Å². The summed E-state index contributed by atoms with van der Waals surface area (Å²) >= 11 is 0. The van der Waals surface area contributed by atoms with Gasteiger partial charge in [0.2, 0.25) is 5.91 Å². The average Bonchev–Trinajstić information content (AvgIpc) is 2.52. The van der Waals surface area contributed by atoms with E-state index in [1.165, 1.54) is 5.56 Å². The smallest absolute Gasteiger partial charge is 0.221 e. The van der Waals surface area contributed by atoms with Crippen LogP contribution >= 0.6 is 0 Å². The van der Waals surface area contributed by atoms with Gasteiger partial charge in [-0.1, -0.05) is 30.3 Å². The second-order valence-corrected chi connectivity index (χ2v) is 4.99. The molecule has 2 rings (SSSR count). The largest absolute Gasteiger partial charge is 0.352 e. The molecular formula is C17H21N3O. The number of pyridine rings is 1. The van der Waals surface area contributed by atoms with Crippen LogP contribution < -0.4 is 10.6 Å². The van der Waals surface area contributed by atoms with Crippen molar-refractivity contribution < 1.29 is 4.79 Å². The predicted octanol–water partition coefficient (Wildman–Crippen LogP) is 2.19. The highest BCUT2D eigenvalue weighted by Crippen LogP contribution is 2.06. The van der Waals surface area contributed by atoms with Crippen LogP contribution in [0.3, 0.4) is 0 Å². The van der Waals surface area contributed by atoms with Crippen molar-refractivity contribution in [3.05, 3.63) is 65.5 Å². The number of benzene rings is 1. The molecule has 0 aliphatic heterocycles. The Balaban J connectivity index is 1.63. The van der Waals surface area contributed by atoms with E-state index in [-0.39, 0.29) is 5.91 Å². The maximum atomic E-state index is 11.8. The zero-order chi connectivity index (χ0) is 14.9. The first-order chi connectivity index (χ1) is 10.3. The van der Waals surface area contributed by atoms with E-state index in [9.17, 15) is 4.79 Å². The first-order valence-electron chi connectivity index (χ1n) is 7.16. The molecule has 2 aromatic rings. The van der Waals surface area contributed by atoms with Crippen molar-refractivity contribution in [3.63, 3.8) is 0 Å². The third kappa shape index (κ3) is 5.36. The predicted molar refractivity (Wildman–Crippen MR) is 83.6 cm³/mol. The topological polar surface area (TPSA) is 54.0 Å². The van der Waals surface area contributed by atoms with E-state index >= 15 is 0 Å². The number of aromatic nitrogens is 1. The quantitative estimate of drug-likeness (QED) is 0.766. The van der Waals surface area contributed by atoms with E-state index in [1.807, 2.05) is 36.5 Å². The van der Waals surface area contributed by atoms with Crippen LogP contribution in [0.1, 0.15) is 23.1 Å². The van der Waals surface area contributed by atoms with Crippen LogP contribution in [0.5, 0.6) is 0 Å². The van der Waals surface area contributed by atoms with Crippen LogP contribution in [0, 0.1) is 6.92 Å². The molecule has 0 fully saturated rings. The normalized spacial score (nSPS) is 10.3. The van der Waals surface area contributed by atoms with Crippen molar-refractivity contribution in [1.82, 2.24) is 15.6 Å². The third-order valence-electron chi connectivity index (χ3n) is 3.32. The van der Waals surface area contributed by atoms with Gasteiger partial charge in [-0.05, 0) is 29.7 Å². The number of nitrogens with one attached hydrogen (secondary N) is 2. The van der Waals surface area contributed by atoms with Crippen molar-refractivity contribution in [2.75, 3.05) is 6.54 Å². The standard InChI is InChI=1S/C17H21N3O/c1-14-5-2-3-7-16(14)13-20-17(21)8-10-19-12-15-6-4-9-18-11-15/h2-7,9,11,19H,8,10,12-13H2,1H3,(H,20,21). The molecule has 110 valence electrons. The Morgan fingerprint density at radius 1 is 1.14 bits per heavy atom. The molecule has 1 aromatic carbocycles. The monoisotopic (exact) mass is 283 g/mol. The Bertz CT molecular complexity index is 569. The van der Waals surface area contributed by atoms with Crippen molar-refractivity contribution >= 4 is 5.91 Å². The van der Waals surface area contributed by atoms with Crippen LogP contribution in [0.4, 0.5) is 0 Å². The highest BCUT2D eigenvalue weighted by atomic mass is 16.1. The molecule has 4 nitrogen and oxygen atoms in total. The van der Waals surface area contributed by atoms with Crippen LogP contribution in [0.2, 0.25) is 0 Å². The van der Waals surface area contributed by atoms with Gasteiger partial charge in [0.15, 0.2) is 0 Å². The van der Waals surface area contributed by atoms with Gasteiger partial charge in [0, 0.05) is 38.4 Å². The number of aryl methyl sites for hydroxylation is 1. The lowest BCUT2D eigenvalue weighted by atomic mass is 10.1. The fraction of sp³-hybridized carbons (Fsp3) is 0.294. The van der Waals surface area contributed by atoms with Gasteiger partial charge in [-0.3, -0.25) is 9.78 Å². The molecule has 0 radical (unpaired) electrons. The molecule has 0 atom stereocenters. The van der Waals surface area contributed by atoms with E-state index in [2.05, 4.69) is 28.6 Å². The summed E-state index contributed by atoms with van der Waals surface area (Å²) in [5.41, 5.74) is 3.49. The van der Waals surface area contributed by atoms with E-state index in [0.29, 0.717) is 19.5 Å². The third-order valence-corrected chi connectivity index (χ3v) is 3.32. The van der Waals surface area contributed by atoms with Crippen LogP contribution in [0.25, 0.3) is 0 Å². The fourth-order valence-electron chi connectivity index (χ4n) is 2.03. The summed E-state index contributed by atoms with van der Waals surface area (Å²) in [7, 11) is 0. The number of carbonyl (C=O) groups excluding carboxylic acids is 1. The minimum Gasteiger partial charge on any atom is -0.352 e. The van der Waals surface area contributed by atoms with E-state index in [0.717, 1.165) is 17.7 Å². The summed E-state index contributed by atoms with van der Waals surface area (Å²) in [6, 6.07) is 12.0. The molecule has 4 heteroatoms. The number of rotatable bonds is 7. The van der Waals surface area contributed by atoms with Crippen molar-refractivity contribution in [2.24, 2.45) is 0 Å². The lowest BCUT2D eigenvalue weighted by Gasteiger charge is -2.08. The summed E-state index contributed by atoms with van der Waals surface area (Å²) in [6.45, 7) is 4.04. The van der Waals surface area contributed by atoms with Crippen LogP contribution in [0.15, 0.2) is 48.8 Å². The molecule has 1 heterocycles. The van der Waals surface area contributed by atoms with Crippen LogP contribution in [-0.2, 0) is 17.9 Å². The summed E-state index contributed by atoms with van der Waals surface area (Å²) in [4.78, 5) is 15.8. The number of carbonyl (C=O) groups is 1. The molecule has 0 saturated carbocycles. The molecule has 1 aromatic heterocycles. The molecular weight excluding hydrogens is 262 g/mol. The SMILES string of the molecule is Cc1ccccc1CNC(=O)CCNCc1cccnc1. The molecule has 0 spiro atoms. The number of hydrogen-bond acceptors (Lipinski definition) is 3. The van der Waals surface area contributed by atoms with Crippen LogP contribution in [-0.4, -0.2) is 17.4 Å². The molecule has 2 N–H and O–H groups in total. The van der Waals surface area contributed by atoms with E-state index in [1.54, 1.807) is 6.20 Å². The van der Waals surface area contributed by atoms with Gasteiger partial charge in [0.05, 0.1) is 0 Å². The lowest BCUT2D eigenvalue weighted by molar-refractivity contribution is -0.121. The fourth-order valence-corrected chi connectivity index (χ4v) is 2.03. The Labute approximate surface area is 125 Å². The molecule has 21 heavy (non-hydrogen) atoms. The molecule has 1 amide bonds. The number of nitrogens with zero attached hydrogens (tertiary/aromatic N) is 1. The summed E-state index contributed by atoms with van der Waals surface area (Å²) in [6.07, 6.45) is 4.06. The second-order valence-electron chi connectivity index (χ2n) is 4.99. The Morgan fingerprint density at radius 3 is 2.76 bits per heavy atom. The van der Waals surface area contributed by atoms with Gasteiger partial charge in [0.25, 0.3) is 0 Å². The summed E-state index contributed by atoms with van der Waals surface area (Å²) in [5.74, 6) is 0.0666. The molecule has 0 bridgehead atoms. The van der Waals surface area contributed by atoms with Crippen molar-refractivity contribution in [3.8, 4) is 0 Å². The molecule has 0 aliphatic rings. The van der Waals surface area contributed by atoms with E-state index in [4.69, 9.17) is 0 Å².